The Kier molecular flexibility index (Phi) is 8.68. The van der Waals surface area contributed by atoms with Gasteiger partial charge >= 0.3 is 0 Å². The number of rotatable bonds is 5. The summed E-state index contributed by atoms with van der Waals surface area (Å²) in [5.41, 5.74) is 29.2. The Morgan fingerprint density at radius 1 is 0.365 bits per heavy atom. The molecule has 0 unspecified atom stereocenters. The van der Waals surface area contributed by atoms with Crippen LogP contribution in [0, 0.1) is 13.8 Å². The second kappa shape index (κ2) is 14.9. The summed E-state index contributed by atoms with van der Waals surface area (Å²) in [6.45, 7) is 19.0. The molecule has 12 aromatic rings. The first-order valence-corrected chi connectivity index (χ1v) is 26.2. The number of nitrogens with zero attached hydrogens (tertiary/aromatic N) is 1. The van der Waals surface area contributed by atoms with Gasteiger partial charge in [-0.3, -0.25) is 0 Å². The summed E-state index contributed by atoms with van der Waals surface area (Å²) >= 11 is 0. The molecule has 74 heavy (non-hydrogen) atoms. The van der Waals surface area contributed by atoms with Crippen LogP contribution < -0.4 is 4.90 Å². The van der Waals surface area contributed by atoms with Crippen LogP contribution in [0.4, 0.5) is 17.1 Å². The second-order valence-corrected chi connectivity index (χ2v) is 22.9. The third-order valence-electron chi connectivity index (χ3n) is 17.6. The molecule has 0 aliphatic heterocycles. The standard InChI is InChI=1S/C71H55NO2/c1-40-30-35-57(41(2)36-40)72(44-32-34-49-55(38-44)71(7,8)65-61(49)63-51-26-16-19-29-59(51)74-68(63)64-47-24-14-17-27-53(47)70(5,6)66(64)65)43-31-33-48-54(37-43)69(3,4)56-39-52(46-23-13-12-22-45(46)42-20-10-9-11-21-42)67-62(60(48)56)50-25-15-18-28-58(50)73-67/h9-39H,1-8H3. The fourth-order valence-corrected chi connectivity index (χ4v) is 14.2. The van der Waals surface area contributed by atoms with E-state index in [1.807, 2.05) is 0 Å². The van der Waals surface area contributed by atoms with Crippen molar-refractivity contribution in [2.45, 2.75) is 71.6 Å². The van der Waals surface area contributed by atoms with E-state index in [4.69, 9.17) is 8.83 Å². The minimum atomic E-state index is -0.345. The number of para-hydroxylation sites is 2. The van der Waals surface area contributed by atoms with E-state index in [-0.39, 0.29) is 16.2 Å². The fourth-order valence-electron chi connectivity index (χ4n) is 14.2. The van der Waals surface area contributed by atoms with E-state index in [0.717, 1.165) is 44.7 Å². The van der Waals surface area contributed by atoms with Crippen LogP contribution in [0.15, 0.2) is 197 Å². The van der Waals surface area contributed by atoms with Gasteiger partial charge in [0, 0.05) is 66.0 Å². The Hall–Kier alpha value is -8.40. The molecule has 0 saturated carbocycles. The highest BCUT2D eigenvalue weighted by atomic mass is 16.3. The summed E-state index contributed by atoms with van der Waals surface area (Å²) in [6.07, 6.45) is 0. The third kappa shape index (κ3) is 5.62. The molecule has 10 aromatic carbocycles. The van der Waals surface area contributed by atoms with E-state index in [1.54, 1.807) is 0 Å². The zero-order chi connectivity index (χ0) is 50.2. The SMILES string of the molecule is Cc1ccc(N(c2ccc3c(c2)C(C)(C)c2cc(-c4ccccc4-c4ccccc4)c4oc5ccccc5c4c2-3)c2ccc3c(c2)C(C)(C)c2c4c(c5oc6ccccc6c5c2-3)-c2ccccc2C4(C)C)c(C)c1. The van der Waals surface area contributed by atoms with Crippen molar-refractivity contribution in [3.8, 4) is 55.6 Å². The molecule has 3 heteroatoms. The second-order valence-electron chi connectivity index (χ2n) is 22.9. The smallest absolute Gasteiger partial charge is 0.144 e. The Morgan fingerprint density at radius 2 is 0.892 bits per heavy atom. The van der Waals surface area contributed by atoms with Crippen LogP contribution in [0.1, 0.15) is 86.1 Å². The highest BCUT2D eigenvalue weighted by Gasteiger charge is 2.49. The van der Waals surface area contributed by atoms with Crippen molar-refractivity contribution >= 4 is 60.9 Å². The van der Waals surface area contributed by atoms with Crippen LogP contribution in [0.5, 0.6) is 0 Å². The normalized spacial score (nSPS) is 15.1. The molecule has 356 valence electrons. The number of hydrogen-bond donors (Lipinski definition) is 0. The number of fused-ring (bicyclic) bond motifs is 19. The summed E-state index contributed by atoms with van der Waals surface area (Å²) in [4.78, 5) is 2.52. The maximum atomic E-state index is 7.01. The lowest BCUT2D eigenvalue weighted by molar-refractivity contribution is 0.600. The average molecular weight is 954 g/mol. The van der Waals surface area contributed by atoms with Crippen LogP contribution in [-0.4, -0.2) is 0 Å². The van der Waals surface area contributed by atoms with Crippen LogP contribution in [0.25, 0.3) is 99.5 Å². The summed E-state index contributed by atoms with van der Waals surface area (Å²) in [7, 11) is 0. The van der Waals surface area contributed by atoms with Crippen molar-refractivity contribution < 1.29 is 8.83 Å². The van der Waals surface area contributed by atoms with E-state index in [9.17, 15) is 0 Å². The lowest BCUT2D eigenvalue weighted by atomic mass is 9.72. The van der Waals surface area contributed by atoms with E-state index in [1.165, 1.54) is 116 Å². The summed E-state index contributed by atoms with van der Waals surface area (Å²) in [5, 5.41) is 4.71. The predicted molar refractivity (Wildman–Crippen MR) is 309 cm³/mol. The van der Waals surface area contributed by atoms with Crippen molar-refractivity contribution in [1.82, 2.24) is 0 Å². The van der Waals surface area contributed by atoms with Crippen molar-refractivity contribution in [1.29, 1.82) is 0 Å². The number of anilines is 3. The van der Waals surface area contributed by atoms with Gasteiger partial charge in [-0.25, -0.2) is 0 Å². The Bertz CT molecular complexity index is 4420. The van der Waals surface area contributed by atoms with Crippen LogP contribution in [-0.2, 0) is 16.2 Å². The molecule has 0 amide bonds. The molecule has 0 atom stereocenters. The summed E-state index contributed by atoms with van der Waals surface area (Å²) in [6, 6.07) is 69.6. The molecule has 3 aliphatic carbocycles. The molecule has 2 heterocycles. The molecule has 3 aliphatic rings. The minimum Gasteiger partial charge on any atom is -0.455 e. The lowest BCUT2D eigenvalue weighted by Crippen LogP contribution is -2.24. The molecule has 3 nitrogen and oxygen atoms in total. The molecule has 0 spiro atoms. The van der Waals surface area contributed by atoms with Crippen molar-refractivity contribution in [2.24, 2.45) is 0 Å². The number of benzene rings is 10. The monoisotopic (exact) mass is 953 g/mol. The topological polar surface area (TPSA) is 29.5 Å². The van der Waals surface area contributed by atoms with Gasteiger partial charge in [-0.2, -0.15) is 0 Å². The molecule has 0 fully saturated rings. The molecular weight excluding hydrogens is 899 g/mol. The van der Waals surface area contributed by atoms with Gasteiger partial charge in [0.25, 0.3) is 0 Å². The number of hydrogen-bond acceptors (Lipinski definition) is 3. The van der Waals surface area contributed by atoms with Crippen molar-refractivity contribution in [3.05, 3.63) is 233 Å². The minimum absolute atomic E-state index is 0.231. The Morgan fingerprint density at radius 3 is 1.58 bits per heavy atom. The maximum Gasteiger partial charge on any atom is 0.144 e. The maximum absolute atomic E-state index is 7.01. The van der Waals surface area contributed by atoms with Gasteiger partial charge in [-0.1, -0.05) is 187 Å². The molecule has 0 N–H and O–H groups in total. The van der Waals surface area contributed by atoms with E-state index >= 15 is 0 Å². The van der Waals surface area contributed by atoms with Gasteiger partial charge in [-0.15, -0.1) is 0 Å². The largest absolute Gasteiger partial charge is 0.455 e. The third-order valence-corrected chi connectivity index (χ3v) is 17.6. The Labute approximate surface area is 432 Å². The number of furan rings is 2. The molecule has 15 rings (SSSR count). The summed E-state index contributed by atoms with van der Waals surface area (Å²) in [5.74, 6) is 0. The molecular formula is C71H55NO2. The lowest BCUT2D eigenvalue weighted by Gasteiger charge is -2.32. The van der Waals surface area contributed by atoms with E-state index < -0.39 is 0 Å². The van der Waals surface area contributed by atoms with Crippen molar-refractivity contribution in [2.75, 3.05) is 4.90 Å². The first-order chi connectivity index (χ1) is 35.8. The average Bonchev–Trinajstić information content (AvgIpc) is 4.16. The predicted octanol–water partition coefficient (Wildman–Crippen LogP) is 19.8. The molecule has 2 aromatic heterocycles. The fraction of sp³-hybridized carbons (Fsp3) is 0.155. The zero-order valence-corrected chi connectivity index (χ0v) is 43.2. The summed E-state index contributed by atoms with van der Waals surface area (Å²) < 4.78 is 14.0. The van der Waals surface area contributed by atoms with Crippen LogP contribution >= 0.6 is 0 Å². The van der Waals surface area contributed by atoms with Gasteiger partial charge in [0.1, 0.15) is 22.3 Å². The van der Waals surface area contributed by atoms with Crippen molar-refractivity contribution in [3.63, 3.8) is 0 Å². The highest BCUT2D eigenvalue weighted by molar-refractivity contribution is 6.22. The molecule has 0 bridgehead atoms. The quantitative estimate of drug-likeness (QED) is 0.172. The molecule has 0 saturated heterocycles. The van der Waals surface area contributed by atoms with Gasteiger partial charge in [0.2, 0.25) is 0 Å². The van der Waals surface area contributed by atoms with Crippen LogP contribution in [0.3, 0.4) is 0 Å². The van der Waals surface area contributed by atoms with Gasteiger partial charge < -0.3 is 13.7 Å². The Balaban J connectivity index is 0.945. The zero-order valence-electron chi connectivity index (χ0n) is 43.2. The number of aryl methyl sites for hydroxylation is 2. The van der Waals surface area contributed by atoms with E-state index in [0.29, 0.717) is 0 Å². The van der Waals surface area contributed by atoms with Crippen LogP contribution in [0.2, 0.25) is 0 Å². The first kappa shape index (κ1) is 43.2. The molecule has 0 radical (unpaired) electrons. The van der Waals surface area contributed by atoms with Gasteiger partial charge in [-0.05, 0) is 146 Å². The van der Waals surface area contributed by atoms with Gasteiger partial charge in [0.15, 0.2) is 0 Å². The first-order valence-electron chi connectivity index (χ1n) is 26.2. The van der Waals surface area contributed by atoms with Gasteiger partial charge in [0.05, 0.1) is 0 Å². The highest BCUT2D eigenvalue weighted by Crippen LogP contribution is 2.64. The van der Waals surface area contributed by atoms with E-state index in [2.05, 4.69) is 248 Å².